The van der Waals surface area contributed by atoms with Crippen LogP contribution in [-0.4, -0.2) is 36.0 Å². The van der Waals surface area contributed by atoms with Crippen LogP contribution in [-0.2, 0) is 16.1 Å². The van der Waals surface area contributed by atoms with Gasteiger partial charge in [0, 0.05) is 31.2 Å². The molecule has 136 valence electrons. The van der Waals surface area contributed by atoms with Gasteiger partial charge in [-0.2, -0.15) is 13.2 Å². The van der Waals surface area contributed by atoms with E-state index in [9.17, 15) is 22.8 Å². The molecule has 0 spiro atoms. The van der Waals surface area contributed by atoms with Gasteiger partial charge < -0.3 is 16.0 Å². The average molecular weight is 368 g/mol. The second-order valence-corrected chi connectivity index (χ2v) is 5.14. The van der Waals surface area contributed by atoms with E-state index in [0.29, 0.717) is 16.2 Å². The number of anilines is 1. The van der Waals surface area contributed by atoms with Gasteiger partial charge in [-0.3, -0.25) is 9.59 Å². The summed E-state index contributed by atoms with van der Waals surface area (Å²) in [4.78, 5) is 23.8. The molecule has 1 aromatic carbocycles. The summed E-state index contributed by atoms with van der Waals surface area (Å²) in [6.07, 6.45) is -4.90. The number of carbonyl (C=O) groups is 2. The molecule has 0 aliphatic rings. The predicted molar refractivity (Wildman–Crippen MR) is 87.7 cm³/mol. The fourth-order valence-electron chi connectivity index (χ4n) is 1.85. The summed E-state index contributed by atoms with van der Waals surface area (Å²) in [6.45, 7) is 3.07. The molecular formula is C15H21ClF3N3O2. The fourth-order valence-corrected chi connectivity index (χ4v) is 1.85. The first-order valence-electron chi connectivity index (χ1n) is 7.15. The summed E-state index contributed by atoms with van der Waals surface area (Å²) in [7, 11) is 0. The van der Waals surface area contributed by atoms with Gasteiger partial charge in [-0.1, -0.05) is 19.1 Å². The Morgan fingerprint density at radius 1 is 1.33 bits per heavy atom. The van der Waals surface area contributed by atoms with Crippen molar-refractivity contribution >= 4 is 29.9 Å². The summed E-state index contributed by atoms with van der Waals surface area (Å²) in [5.41, 5.74) is 6.34. The van der Waals surface area contributed by atoms with Crippen molar-refractivity contribution in [2.75, 3.05) is 18.4 Å². The molecule has 0 aliphatic heterocycles. The van der Waals surface area contributed by atoms with E-state index < -0.39 is 12.1 Å². The summed E-state index contributed by atoms with van der Waals surface area (Å²) in [6, 6.07) is 6.35. The largest absolute Gasteiger partial charge is 0.471 e. The van der Waals surface area contributed by atoms with Crippen LogP contribution in [0.2, 0.25) is 0 Å². The van der Waals surface area contributed by atoms with Crippen LogP contribution in [0.1, 0.15) is 19.4 Å². The van der Waals surface area contributed by atoms with E-state index in [2.05, 4.69) is 5.32 Å². The third-order valence-corrected chi connectivity index (χ3v) is 3.28. The summed E-state index contributed by atoms with van der Waals surface area (Å²) in [5.74, 6) is -2.54. The van der Waals surface area contributed by atoms with E-state index in [1.165, 1.54) is 13.0 Å². The number of hydrogen-bond acceptors (Lipinski definition) is 3. The number of hydrogen-bond donors (Lipinski definition) is 2. The SMILES string of the molecule is CCN(Cc1cccc(NC(=O)C(C)CN)c1)C(=O)C(F)(F)F.Cl. The van der Waals surface area contributed by atoms with E-state index in [-0.39, 0.29) is 43.9 Å². The van der Waals surface area contributed by atoms with Crippen molar-refractivity contribution in [3.05, 3.63) is 29.8 Å². The molecule has 0 aromatic heterocycles. The van der Waals surface area contributed by atoms with Crippen LogP contribution < -0.4 is 11.1 Å². The van der Waals surface area contributed by atoms with Gasteiger partial charge in [0.05, 0.1) is 0 Å². The van der Waals surface area contributed by atoms with Gasteiger partial charge in [0.25, 0.3) is 0 Å². The lowest BCUT2D eigenvalue weighted by atomic mass is 10.1. The number of nitrogens with two attached hydrogens (primary N) is 1. The molecule has 0 radical (unpaired) electrons. The average Bonchev–Trinajstić information content (AvgIpc) is 2.50. The number of carbonyl (C=O) groups excluding carboxylic acids is 2. The standard InChI is InChI=1S/C15H20F3N3O2.ClH/c1-3-21(14(23)15(16,17)18)9-11-5-4-6-12(7-11)20-13(22)10(2)8-19;/h4-7,10H,3,8-9,19H2,1-2H3,(H,20,22);1H. The maximum absolute atomic E-state index is 12.5. The minimum atomic E-state index is -4.90. The van der Waals surface area contributed by atoms with Crippen molar-refractivity contribution in [1.82, 2.24) is 4.90 Å². The highest BCUT2D eigenvalue weighted by atomic mass is 35.5. The molecule has 1 rings (SSSR count). The van der Waals surface area contributed by atoms with E-state index in [1.807, 2.05) is 0 Å². The number of rotatable bonds is 6. The van der Waals surface area contributed by atoms with Crippen molar-refractivity contribution < 1.29 is 22.8 Å². The Balaban J connectivity index is 0.00000529. The third kappa shape index (κ3) is 6.37. The van der Waals surface area contributed by atoms with Gasteiger partial charge >= 0.3 is 12.1 Å². The topological polar surface area (TPSA) is 75.4 Å². The molecule has 0 aliphatic carbocycles. The van der Waals surface area contributed by atoms with Crippen LogP contribution in [0, 0.1) is 5.92 Å². The van der Waals surface area contributed by atoms with Gasteiger partial charge in [0.2, 0.25) is 5.91 Å². The molecule has 0 heterocycles. The minimum absolute atomic E-state index is 0. The quantitative estimate of drug-likeness (QED) is 0.811. The predicted octanol–water partition coefficient (Wildman–Crippen LogP) is 2.55. The van der Waals surface area contributed by atoms with Gasteiger partial charge in [-0.15, -0.1) is 12.4 Å². The van der Waals surface area contributed by atoms with Crippen LogP contribution in [0.5, 0.6) is 0 Å². The smallest absolute Gasteiger partial charge is 0.331 e. The van der Waals surface area contributed by atoms with Crippen molar-refractivity contribution in [1.29, 1.82) is 0 Å². The molecular weight excluding hydrogens is 347 g/mol. The van der Waals surface area contributed by atoms with E-state index in [0.717, 1.165) is 0 Å². The lowest BCUT2D eigenvalue weighted by molar-refractivity contribution is -0.185. The first-order valence-corrected chi connectivity index (χ1v) is 7.15. The fraction of sp³-hybridized carbons (Fsp3) is 0.467. The highest BCUT2D eigenvalue weighted by molar-refractivity contribution is 5.92. The Hall–Kier alpha value is -1.80. The van der Waals surface area contributed by atoms with Gasteiger partial charge in [0.1, 0.15) is 0 Å². The molecule has 0 fully saturated rings. The zero-order chi connectivity index (χ0) is 17.6. The Morgan fingerprint density at radius 2 is 1.96 bits per heavy atom. The normalized spacial score (nSPS) is 12.1. The summed E-state index contributed by atoms with van der Waals surface area (Å²) < 4.78 is 37.5. The Bertz CT molecular complexity index is 567. The van der Waals surface area contributed by atoms with Gasteiger partial charge in [0.15, 0.2) is 0 Å². The number of amides is 2. The summed E-state index contributed by atoms with van der Waals surface area (Å²) in [5, 5.41) is 2.64. The van der Waals surface area contributed by atoms with Crippen molar-refractivity contribution in [2.45, 2.75) is 26.6 Å². The molecule has 9 heteroatoms. The monoisotopic (exact) mass is 367 g/mol. The second-order valence-electron chi connectivity index (χ2n) is 5.14. The molecule has 0 saturated carbocycles. The molecule has 1 unspecified atom stereocenters. The molecule has 24 heavy (non-hydrogen) atoms. The third-order valence-electron chi connectivity index (χ3n) is 3.28. The van der Waals surface area contributed by atoms with Crippen LogP contribution in [0.25, 0.3) is 0 Å². The first-order chi connectivity index (χ1) is 10.7. The number of alkyl halides is 3. The van der Waals surface area contributed by atoms with Gasteiger partial charge in [-0.05, 0) is 24.6 Å². The lowest BCUT2D eigenvalue weighted by Crippen LogP contribution is -2.40. The molecule has 1 atom stereocenters. The Morgan fingerprint density at radius 3 is 2.46 bits per heavy atom. The van der Waals surface area contributed by atoms with E-state index >= 15 is 0 Å². The van der Waals surface area contributed by atoms with Crippen LogP contribution in [0.15, 0.2) is 24.3 Å². The Labute approximate surface area is 144 Å². The highest BCUT2D eigenvalue weighted by Gasteiger charge is 2.41. The summed E-state index contributed by atoms with van der Waals surface area (Å²) >= 11 is 0. The van der Waals surface area contributed by atoms with E-state index in [4.69, 9.17) is 5.73 Å². The highest BCUT2D eigenvalue weighted by Crippen LogP contribution is 2.21. The van der Waals surface area contributed by atoms with E-state index in [1.54, 1.807) is 25.1 Å². The number of nitrogens with one attached hydrogen (secondary N) is 1. The first kappa shape index (κ1) is 22.2. The number of halogens is 4. The number of nitrogens with zero attached hydrogens (tertiary/aromatic N) is 1. The molecule has 5 nitrogen and oxygen atoms in total. The van der Waals surface area contributed by atoms with Crippen molar-refractivity contribution in [3.63, 3.8) is 0 Å². The van der Waals surface area contributed by atoms with Crippen LogP contribution in [0.4, 0.5) is 18.9 Å². The van der Waals surface area contributed by atoms with Crippen LogP contribution in [0.3, 0.4) is 0 Å². The molecule has 0 saturated heterocycles. The maximum Gasteiger partial charge on any atom is 0.471 e. The van der Waals surface area contributed by atoms with Crippen molar-refractivity contribution in [2.24, 2.45) is 11.7 Å². The van der Waals surface area contributed by atoms with Crippen molar-refractivity contribution in [3.8, 4) is 0 Å². The van der Waals surface area contributed by atoms with Crippen LogP contribution >= 0.6 is 12.4 Å². The minimum Gasteiger partial charge on any atom is -0.331 e. The molecule has 0 bridgehead atoms. The lowest BCUT2D eigenvalue weighted by Gasteiger charge is -2.22. The molecule has 3 N–H and O–H groups in total. The second kappa shape index (κ2) is 9.48. The zero-order valence-corrected chi connectivity index (χ0v) is 14.2. The molecule has 1 aromatic rings. The van der Waals surface area contributed by atoms with Gasteiger partial charge in [-0.25, -0.2) is 0 Å². The molecule has 2 amide bonds. The number of benzene rings is 1. The Kier molecular flexibility index (Phi) is 8.77. The maximum atomic E-state index is 12.5. The zero-order valence-electron chi connectivity index (χ0n) is 13.4.